The van der Waals surface area contributed by atoms with Crippen molar-refractivity contribution in [1.29, 1.82) is 0 Å². The summed E-state index contributed by atoms with van der Waals surface area (Å²) >= 11 is 0. The molecular formula is C15H29ClN4O2. The molecule has 1 atom stereocenters. The van der Waals surface area contributed by atoms with Crippen molar-refractivity contribution in [1.82, 2.24) is 20.9 Å². The molecule has 1 aliphatic carbocycles. The van der Waals surface area contributed by atoms with Crippen molar-refractivity contribution in [2.24, 2.45) is 5.92 Å². The minimum absolute atomic E-state index is 0. The highest BCUT2D eigenvalue weighted by molar-refractivity contribution is 5.85. The van der Waals surface area contributed by atoms with Gasteiger partial charge in [-0.15, -0.1) is 12.4 Å². The van der Waals surface area contributed by atoms with Crippen molar-refractivity contribution in [3.05, 3.63) is 0 Å². The quantitative estimate of drug-likeness (QED) is 0.660. The van der Waals surface area contributed by atoms with Gasteiger partial charge in [0.1, 0.15) is 0 Å². The van der Waals surface area contributed by atoms with Crippen LogP contribution in [0.25, 0.3) is 0 Å². The van der Waals surface area contributed by atoms with Gasteiger partial charge in [0.2, 0.25) is 5.91 Å². The number of hydrogen-bond acceptors (Lipinski definition) is 3. The first-order valence-electron chi connectivity index (χ1n) is 8.18. The highest BCUT2D eigenvalue weighted by Crippen LogP contribution is 2.20. The number of rotatable bonds is 5. The van der Waals surface area contributed by atoms with E-state index in [1.54, 1.807) is 0 Å². The van der Waals surface area contributed by atoms with E-state index in [2.05, 4.69) is 16.0 Å². The van der Waals surface area contributed by atoms with Crippen LogP contribution in [0.5, 0.6) is 0 Å². The third-order valence-electron chi connectivity index (χ3n) is 4.44. The number of amides is 3. The highest BCUT2D eigenvalue weighted by Gasteiger charge is 2.29. The smallest absolute Gasteiger partial charge is 0.317 e. The molecule has 0 radical (unpaired) electrons. The number of halogens is 1. The Bertz CT molecular complexity index is 361. The molecular weight excluding hydrogens is 304 g/mol. The summed E-state index contributed by atoms with van der Waals surface area (Å²) in [6, 6.07) is 0.344. The lowest BCUT2D eigenvalue weighted by Gasteiger charge is -2.33. The van der Waals surface area contributed by atoms with E-state index in [0.29, 0.717) is 19.1 Å². The molecule has 2 rings (SSSR count). The fraction of sp³-hybridized carbons (Fsp3) is 0.867. The maximum atomic E-state index is 12.3. The maximum absolute atomic E-state index is 12.3. The zero-order valence-electron chi connectivity index (χ0n) is 13.4. The lowest BCUT2D eigenvalue weighted by atomic mass is 9.97. The molecule has 3 N–H and O–H groups in total. The molecule has 2 fully saturated rings. The molecule has 1 saturated heterocycles. The molecule has 1 aliphatic heterocycles. The second-order valence-corrected chi connectivity index (χ2v) is 6.11. The first kappa shape index (κ1) is 19.0. The Morgan fingerprint density at radius 1 is 1.09 bits per heavy atom. The van der Waals surface area contributed by atoms with Crippen molar-refractivity contribution in [2.45, 2.75) is 44.6 Å². The average Bonchev–Trinajstić information content (AvgIpc) is 3.00. The van der Waals surface area contributed by atoms with E-state index >= 15 is 0 Å². The molecule has 7 heteroatoms. The molecule has 6 nitrogen and oxygen atoms in total. The van der Waals surface area contributed by atoms with Gasteiger partial charge in [0.05, 0.1) is 5.92 Å². The third kappa shape index (κ3) is 5.65. The molecule has 128 valence electrons. The van der Waals surface area contributed by atoms with Crippen LogP contribution in [0.2, 0.25) is 0 Å². The molecule has 0 aromatic heterocycles. The van der Waals surface area contributed by atoms with Crippen molar-refractivity contribution < 1.29 is 9.59 Å². The lowest BCUT2D eigenvalue weighted by molar-refractivity contribution is -0.126. The Hall–Kier alpha value is -1.01. The van der Waals surface area contributed by atoms with Gasteiger partial charge in [-0.05, 0) is 32.7 Å². The molecule has 0 aromatic rings. The molecule has 1 unspecified atom stereocenters. The van der Waals surface area contributed by atoms with E-state index in [0.717, 1.165) is 38.8 Å². The van der Waals surface area contributed by atoms with E-state index in [-0.39, 0.29) is 30.3 Å². The van der Waals surface area contributed by atoms with Crippen LogP contribution in [-0.4, -0.2) is 56.1 Å². The SMILES string of the molecule is CNCCNC(=O)C1CCCN(C(=O)NC2CCCC2)C1.Cl. The number of piperidine rings is 1. The Morgan fingerprint density at radius 2 is 1.82 bits per heavy atom. The average molecular weight is 333 g/mol. The Balaban J connectivity index is 0.00000242. The summed E-state index contributed by atoms with van der Waals surface area (Å²) in [6.07, 6.45) is 6.38. The Labute approximate surface area is 139 Å². The molecule has 0 bridgehead atoms. The second kappa shape index (κ2) is 9.90. The minimum atomic E-state index is -0.0649. The number of carbonyl (C=O) groups is 2. The number of likely N-dealkylation sites (tertiary alicyclic amines) is 1. The summed E-state index contributed by atoms with van der Waals surface area (Å²) in [5.74, 6) is 0.00792. The maximum Gasteiger partial charge on any atom is 0.317 e. The van der Waals surface area contributed by atoms with Gasteiger partial charge < -0.3 is 20.9 Å². The van der Waals surface area contributed by atoms with Gasteiger partial charge in [0, 0.05) is 32.2 Å². The number of hydrogen-bond donors (Lipinski definition) is 3. The summed E-state index contributed by atoms with van der Waals surface area (Å²) < 4.78 is 0. The van der Waals surface area contributed by atoms with Gasteiger partial charge in [-0.3, -0.25) is 4.79 Å². The summed E-state index contributed by atoms with van der Waals surface area (Å²) in [6.45, 7) is 2.72. The topological polar surface area (TPSA) is 73.5 Å². The van der Waals surface area contributed by atoms with Crippen LogP contribution in [0.4, 0.5) is 4.79 Å². The zero-order chi connectivity index (χ0) is 15.1. The van der Waals surface area contributed by atoms with Gasteiger partial charge in [-0.1, -0.05) is 12.8 Å². The number of carbonyl (C=O) groups excluding carboxylic acids is 2. The zero-order valence-corrected chi connectivity index (χ0v) is 14.2. The van der Waals surface area contributed by atoms with Crippen LogP contribution in [0.1, 0.15) is 38.5 Å². The summed E-state index contributed by atoms with van der Waals surface area (Å²) in [7, 11) is 1.86. The van der Waals surface area contributed by atoms with Crippen molar-refractivity contribution in [3.63, 3.8) is 0 Å². The fourth-order valence-electron chi connectivity index (χ4n) is 3.17. The number of nitrogens with one attached hydrogen (secondary N) is 3. The number of urea groups is 1. The standard InChI is InChI=1S/C15H28N4O2.ClH/c1-16-8-9-17-14(20)12-5-4-10-19(11-12)15(21)18-13-6-2-3-7-13;/h12-13,16H,2-11H2,1H3,(H,17,20)(H,18,21);1H. The van der Waals surface area contributed by atoms with Gasteiger partial charge in [0.15, 0.2) is 0 Å². The van der Waals surface area contributed by atoms with Crippen LogP contribution in [0.15, 0.2) is 0 Å². The molecule has 1 saturated carbocycles. The first-order chi connectivity index (χ1) is 10.2. The molecule has 1 heterocycles. The summed E-state index contributed by atoms with van der Waals surface area (Å²) in [5, 5.41) is 9.04. The Morgan fingerprint density at radius 3 is 2.50 bits per heavy atom. The van der Waals surface area contributed by atoms with Crippen molar-refractivity contribution in [3.8, 4) is 0 Å². The molecule has 0 spiro atoms. The summed E-state index contributed by atoms with van der Waals surface area (Å²) in [5.41, 5.74) is 0. The largest absolute Gasteiger partial charge is 0.355 e. The van der Waals surface area contributed by atoms with Crippen LogP contribution in [0, 0.1) is 5.92 Å². The predicted octanol–water partition coefficient (Wildman–Crippen LogP) is 1.11. The van der Waals surface area contributed by atoms with E-state index in [4.69, 9.17) is 0 Å². The van der Waals surface area contributed by atoms with Crippen LogP contribution >= 0.6 is 12.4 Å². The molecule has 0 aromatic carbocycles. The van der Waals surface area contributed by atoms with Crippen LogP contribution in [0.3, 0.4) is 0 Å². The number of nitrogens with zero attached hydrogens (tertiary/aromatic N) is 1. The van der Waals surface area contributed by atoms with E-state index in [9.17, 15) is 9.59 Å². The monoisotopic (exact) mass is 332 g/mol. The molecule has 2 aliphatic rings. The van der Waals surface area contributed by atoms with E-state index in [1.807, 2.05) is 11.9 Å². The first-order valence-corrected chi connectivity index (χ1v) is 8.18. The minimum Gasteiger partial charge on any atom is -0.355 e. The molecule has 3 amide bonds. The van der Waals surface area contributed by atoms with Crippen LogP contribution < -0.4 is 16.0 Å². The van der Waals surface area contributed by atoms with Crippen LogP contribution in [-0.2, 0) is 4.79 Å². The highest BCUT2D eigenvalue weighted by atomic mass is 35.5. The summed E-state index contributed by atoms with van der Waals surface area (Å²) in [4.78, 5) is 26.2. The van der Waals surface area contributed by atoms with Gasteiger partial charge in [0.25, 0.3) is 0 Å². The van der Waals surface area contributed by atoms with Gasteiger partial charge >= 0.3 is 6.03 Å². The predicted molar refractivity (Wildman–Crippen MR) is 89.3 cm³/mol. The number of likely N-dealkylation sites (N-methyl/N-ethyl adjacent to an activating group) is 1. The van der Waals surface area contributed by atoms with E-state index in [1.165, 1.54) is 12.8 Å². The van der Waals surface area contributed by atoms with Gasteiger partial charge in [-0.2, -0.15) is 0 Å². The Kier molecular flexibility index (Phi) is 8.56. The normalized spacial score (nSPS) is 22.0. The fourth-order valence-corrected chi connectivity index (χ4v) is 3.17. The second-order valence-electron chi connectivity index (χ2n) is 6.11. The van der Waals surface area contributed by atoms with Crippen molar-refractivity contribution in [2.75, 3.05) is 33.2 Å². The molecule has 22 heavy (non-hydrogen) atoms. The van der Waals surface area contributed by atoms with Crippen molar-refractivity contribution >= 4 is 24.3 Å². The van der Waals surface area contributed by atoms with E-state index < -0.39 is 0 Å². The third-order valence-corrected chi connectivity index (χ3v) is 4.44. The lowest BCUT2D eigenvalue weighted by Crippen LogP contribution is -2.51. The van der Waals surface area contributed by atoms with Gasteiger partial charge in [-0.25, -0.2) is 4.79 Å².